The lowest BCUT2D eigenvalue weighted by Crippen LogP contribution is -2.21. The van der Waals surface area contributed by atoms with Gasteiger partial charge in [0.05, 0.1) is 0 Å². The third-order valence-corrected chi connectivity index (χ3v) is 4.01. The number of nitrogens with two attached hydrogens (primary N) is 1. The molecule has 1 aliphatic rings. The zero-order chi connectivity index (χ0) is 15.4. The van der Waals surface area contributed by atoms with Gasteiger partial charge in [0.1, 0.15) is 17.8 Å². The number of hydrogen-bond donors (Lipinski definition) is 1. The Bertz CT molecular complexity index is 663. The lowest BCUT2D eigenvalue weighted by molar-refractivity contribution is 0.125. The number of amidine groups is 1. The molecule has 0 saturated heterocycles. The molecule has 1 fully saturated rings. The van der Waals surface area contributed by atoms with Crippen molar-refractivity contribution in [2.24, 2.45) is 16.8 Å². The van der Waals surface area contributed by atoms with Crippen LogP contribution in [-0.4, -0.2) is 10.8 Å². The van der Waals surface area contributed by atoms with E-state index in [2.05, 4.69) is 10.1 Å². The Labute approximate surface area is 134 Å². The molecule has 0 bridgehead atoms. The number of oxazole rings is 1. The van der Waals surface area contributed by atoms with Gasteiger partial charge in [-0.1, -0.05) is 35.7 Å². The summed E-state index contributed by atoms with van der Waals surface area (Å²) in [5, 5.41) is 4.63. The molecule has 1 aliphatic carbocycles. The molecule has 5 nitrogen and oxygen atoms in total. The molecule has 2 aromatic rings. The molecule has 2 N–H and O–H groups in total. The standard InChI is InChI=1S/C16H18ClN3O2/c17-13-7-3-6-12(8-13)16-19-14(9-21-16)10-22-20-15(18)11-4-1-2-5-11/h3,6-9,11H,1-2,4-5,10H2,(H2,18,20). The van der Waals surface area contributed by atoms with Gasteiger partial charge in [0.15, 0.2) is 6.61 Å². The molecule has 0 aliphatic heterocycles. The number of nitrogens with zero attached hydrogens (tertiary/aromatic N) is 2. The number of aromatic nitrogens is 1. The van der Waals surface area contributed by atoms with E-state index in [4.69, 9.17) is 26.6 Å². The molecule has 0 amide bonds. The van der Waals surface area contributed by atoms with Gasteiger partial charge in [-0.3, -0.25) is 0 Å². The Morgan fingerprint density at radius 2 is 2.23 bits per heavy atom. The van der Waals surface area contributed by atoms with E-state index in [0.717, 1.165) is 18.4 Å². The van der Waals surface area contributed by atoms with E-state index >= 15 is 0 Å². The molecule has 1 aromatic carbocycles. The Hall–Kier alpha value is -2.01. The quantitative estimate of drug-likeness (QED) is 0.514. The van der Waals surface area contributed by atoms with Crippen molar-refractivity contribution in [3.05, 3.63) is 41.2 Å². The highest BCUT2D eigenvalue weighted by molar-refractivity contribution is 6.30. The first kappa shape index (κ1) is 14.9. The maximum Gasteiger partial charge on any atom is 0.226 e. The fourth-order valence-electron chi connectivity index (χ4n) is 2.60. The topological polar surface area (TPSA) is 73.6 Å². The minimum Gasteiger partial charge on any atom is -0.444 e. The van der Waals surface area contributed by atoms with Gasteiger partial charge in [0, 0.05) is 16.5 Å². The molecular weight excluding hydrogens is 302 g/mol. The zero-order valence-corrected chi connectivity index (χ0v) is 12.9. The van der Waals surface area contributed by atoms with Crippen LogP contribution in [0.3, 0.4) is 0 Å². The molecule has 0 unspecified atom stereocenters. The Morgan fingerprint density at radius 1 is 1.41 bits per heavy atom. The molecule has 1 saturated carbocycles. The Kier molecular flexibility index (Phi) is 4.63. The predicted octanol–water partition coefficient (Wildman–Crippen LogP) is 3.97. The summed E-state index contributed by atoms with van der Waals surface area (Å²) in [4.78, 5) is 9.64. The molecule has 6 heteroatoms. The van der Waals surface area contributed by atoms with Crippen LogP contribution in [0.1, 0.15) is 31.4 Å². The van der Waals surface area contributed by atoms with Gasteiger partial charge in [-0.05, 0) is 31.0 Å². The summed E-state index contributed by atoms with van der Waals surface area (Å²) in [6.45, 7) is 0.234. The van der Waals surface area contributed by atoms with Gasteiger partial charge >= 0.3 is 0 Å². The second kappa shape index (κ2) is 6.83. The summed E-state index contributed by atoms with van der Waals surface area (Å²) in [6, 6.07) is 7.34. The molecule has 1 aromatic heterocycles. The van der Waals surface area contributed by atoms with Gasteiger partial charge in [0.25, 0.3) is 0 Å². The highest BCUT2D eigenvalue weighted by Crippen LogP contribution is 2.25. The highest BCUT2D eigenvalue weighted by Gasteiger charge is 2.19. The normalized spacial score (nSPS) is 16.1. The van der Waals surface area contributed by atoms with E-state index in [0.29, 0.717) is 28.4 Å². The van der Waals surface area contributed by atoms with Crippen LogP contribution in [0.25, 0.3) is 11.5 Å². The fraction of sp³-hybridized carbons (Fsp3) is 0.375. The molecule has 22 heavy (non-hydrogen) atoms. The van der Waals surface area contributed by atoms with Gasteiger partial charge in [-0.25, -0.2) is 4.98 Å². The average molecular weight is 320 g/mol. The van der Waals surface area contributed by atoms with E-state index in [1.807, 2.05) is 12.1 Å². The lowest BCUT2D eigenvalue weighted by atomic mass is 10.1. The Morgan fingerprint density at radius 3 is 3.00 bits per heavy atom. The summed E-state index contributed by atoms with van der Waals surface area (Å²) in [5.74, 6) is 1.45. The number of rotatable bonds is 5. The van der Waals surface area contributed by atoms with Gasteiger partial charge in [-0.15, -0.1) is 0 Å². The third-order valence-electron chi connectivity index (χ3n) is 3.78. The largest absolute Gasteiger partial charge is 0.444 e. The van der Waals surface area contributed by atoms with E-state index < -0.39 is 0 Å². The zero-order valence-electron chi connectivity index (χ0n) is 12.2. The first-order valence-corrected chi connectivity index (χ1v) is 7.76. The van der Waals surface area contributed by atoms with Gasteiger partial charge < -0.3 is 15.0 Å². The van der Waals surface area contributed by atoms with Crippen LogP contribution in [0.15, 0.2) is 40.1 Å². The number of oxime groups is 1. The van der Waals surface area contributed by atoms with Crippen LogP contribution in [-0.2, 0) is 11.4 Å². The van der Waals surface area contributed by atoms with Crippen LogP contribution in [0.2, 0.25) is 5.02 Å². The van der Waals surface area contributed by atoms with Crippen molar-refractivity contribution >= 4 is 17.4 Å². The maximum absolute atomic E-state index is 5.96. The second-order valence-corrected chi connectivity index (χ2v) is 5.86. The minimum absolute atomic E-state index is 0.234. The van der Waals surface area contributed by atoms with E-state index in [-0.39, 0.29) is 6.61 Å². The van der Waals surface area contributed by atoms with Crippen molar-refractivity contribution in [2.45, 2.75) is 32.3 Å². The summed E-state index contributed by atoms with van der Waals surface area (Å²) >= 11 is 5.96. The monoisotopic (exact) mass is 319 g/mol. The van der Waals surface area contributed by atoms with Crippen molar-refractivity contribution in [2.75, 3.05) is 0 Å². The second-order valence-electron chi connectivity index (χ2n) is 5.43. The van der Waals surface area contributed by atoms with Crippen molar-refractivity contribution in [1.29, 1.82) is 0 Å². The van der Waals surface area contributed by atoms with Crippen LogP contribution < -0.4 is 5.73 Å². The van der Waals surface area contributed by atoms with Crippen molar-refractivity contribution in [3.8, 4) is 11.5 Å². The summed E-state index contributed by atoms with van der Waals surface area (Å²) in [5.41, 5.74) is 7.41. The average Bonchev–Trinajstić information content (AvgIpc) is 3.19. The maximum atomic E-state index is 5.96. The van der Waals surface area contributed by atoms with E-state index in [9.17, 15) is 0 Å². The summed E-state index contributed by atoms with van der Waals surface area (Å²) < 4.78 is 5.43. The highest BCUT2D eigenvalue weighted by atomic mass is 35.5. The van der Waals surface area contributed by atoms with Crippen molar-refractivity contribution < 1.29 is 9.25 Å². The smallest absolute Gasteiger partial charge is 0.226 e. The Balaban J connectivity index is 1.59. The fourth-order valence-corrected chi connectivity index (χ4v) is 2.79. The number of benzene rings is 1. The molecule has 0 spiro atoms. The predicted molar refractivity (Wildman–Crippen MR) is 85.3 cm³/mol. The molecule has 0 atom stereocenters. The molecule has 0 radical (unpaired) electrons. The van der Waals surface area contributed by atoms with E-state index in [1.54, 1.807) is 18.4 Å². The van der Waals surface area contributed by atoms with Gasteiger partial charge in [0.2, 0.25) is 5.89 Å². The van der Waals surface area contributed by atoms with Crippen LogP contribution in [0, 0.1) is 5.92 Å². The molecule has 116 valence electrons. The molecule has 3 rings (SSSR count). The SMILES string of the molecule is N/C(=N\OCc1coc(-c2cccc(Cl)c2)n1)C1CCCC1. The van der Waals surface area contributed by atoms with Crippen LogP contribution in [0.5, 0.6) is 0 Å². The molecule has 1 heterocycles. The van der Waals surface area contributed by atoms with Crippen LogP contribution >= 0.6 is 11.6 Å². The molecular formula is C16H18ClN3O2. The number of halogens is 1. The summed E-state index contributed by atoms with van der Waals surface area (Å²) in [6.07, 6.45) is 6.18. The van der Waals surface area contributed by atoms with Crippen molar-refractivity contribution in [3.63, 3.8) is 0 Å². The van der Waals surface area contributed by atoms with Crippen LogP contribution in [0.4, 0.5) is 0 Å². The lowest BCUT2D eigenvalue weighted by Gasteiger charge is -2.06. The first-order valence-electron chi connectivity index (χ1n) is 7.38. The minimum atomic E-state index is 0.234. The van der Waals surface area contributed by atoms with E-state index in [1.165, 1.54) is 12.8 Å². The third kappa shape index (κ3) is 3.60. The summed E-state index contributed by atoms with van der Waals surface area (Å²) in [7, 11) is 0. The van der Waals surface area contributed by atoms with Crippen molar-refractivity contribution in [1.82, 2.24) is 4.98 Å². The van der Waals surface area contributed by atoms with Gasteiger partial charge in [-0.2, -0.15) is 0 Å². The first-order chi connectivity index (χ1) is 10.7. The number of hydrogen-bond acceptors (Lipinski definition) is 4.